The molecule has 0 unspecified atom stereocenters. The maximum absolute atomic E-state index is 5.79. The topological polar surface area (TPSA) is 88.8 Å². The number of aromatic nitrogens is 3. The minimum Gasteiger partial charge on any atom is -0.368 e. The van der Waals surface area contributed by atoms with Gasteiger partial charge in [-0.2, -0.15) is 15.0 Å². The molecule has 25 heavy (non-hydrogen) atoms. The lowest BCUT2D eigenvalue weighted by atomic mass is 10.1. The summed E-state index contributed by atoms with van der Waals surface area (Å²) >= 11 is 0. The molecule has 6 heteroatoms. The van der Waals surface area contributed by atoms with E-state index in [0.717, 1.165) is 25.9 Å². The third-order valence-corrected chi connectivity index (χ3v) is 4.28. The molecular formula is C19H38N6. The molecule has 0 radical (unpaired) electrons. The van der Waals surface area contributed by atoms with E-state index < -0.39 is 0 Å². The molecule has 0 saturated heterocycles. The first kappa shape index (κ1) is 21.5. The summed E-state index contributed by atoms with van der Waals surface area (Å²) in [5.74, 6) is 1.42. The number of hydrogen-bond donors (Lipinski definition) is 3. The van der Waals surface area contributed by atoms with Crippen LogP contribution in [0.15, 0.2) is 0 Å². The normalized spacial score (nSPS) is 10.8. The van der Waals surface area contributed by atoms with Crippen LogP contribution in [0.4, 0.5) is 17.8 Å². The Morgan fingerprint density at radius 2 is 1.00 bits per heavy atom. The van der Waals surface area contributed by atoms with Crippen molar-refractivity contribution in [2.24, 2.45) is 0 Å². The second-order valence-electron chi connectivity index (χ2n) is 6.73. The molecule has 0 bridgehead atoms. The van der Waals surface area contributed by atoms with E-state index >= 15 is 0 Å². The summed E-state index contributed by atoms with van der Waals surface area (Å²) in [5.41, 5.74) is 5.79. The fourth-order valence-electron chi connectivity index (χ4n) is 2.76. The average Bonchev–Trinajstić information content (AvgIpc) is 2.60. The summed E-state index contributed by atoms with van der Waals surface area (Å²) in [7, 11) is 0. The zero-order valence-electron chi connectivity index (χ0n) is 16.3. The van der Waals surface area contributed by atoms with Gasteiger partial charge in [-0.05, 0) is 12.8 Å². The molecule has 0 spiro atoms. The number of nitrogens with zero attached hydrogens (tertiary/aromatic N) is 3. The average molecular weight is 351 g/mol. The van der Waals surface area contributed by atoms with Gasteiger partial charge in [-0.1, -0.05) is 78.1 Å². The molecule has 144 valence electrons. The van der Waals surface area contributed by atoms with Crippen LogP contribution in [0.25, 0.3) is 0 Å². The summed E-state index contributed by atoms with van der Waals surface area (Å²) in [6.45, 7) is 6.24. The zero-order valence-corrected chi connectivity index (χ0v) is 16.3. The Hall–Kier alpha value is -1.59. The van der Waals surface area contributed by atoms with Crippen molar-refractivity contribution in [1.82, 2.24) is 15.0 Å². The Morgan fingerprint density at radius 3 is 1.44 bits per heavy atom. The lowest BCUT2D eigenvalue weighted by Crippen LogP contribution is -2.12. The third kappa shape index (κ3) is 11.6. The highest BCUT2D eigenvalue weighted by Crippen LogP contribution is 2.10. The number of nitrogen functional groups attached to an aromatic ring is 1. The molecule has 0 aromatic carbocycles. The van der Waals surface area contributed by atoms with Crippen LogP contribution in [-0.4, -0.2) is 28.0 Å². The van der Waals surface area contributed by atoms with Crippen LogP contribution in [0.5, 0.6) is 0 Å². The third-order valence-electron chi connectivity index (χ3n) is 4.28. The number of unbranched alkanes of at least 4 members (excludes halogenated alkanes) is 10. The van der Waals surface area contributed by atoms with Crippen molar-refractivity contribution in [3.05, 3.63) is 0 Å². The van der Waals surface area contributed by atoms with E-state index in [9.17, 15) is 0 Å². The van der Waals surface area contributed by atoms with Gasteiger partial charge in [0, 0.05) is 13.1 Å². The van der Waals surface area contributed by atoms with Gasteiger partial charge in [0.2, 0.25) is 17.8 Å². The quantitative estimate of drug-likeness (QED) is 0.364. The van der Waals surface area contributed by atoms with E-state index in [1.165, 1.54) is 64.2 Å². The van der Waals surface area contributed by atoms with Crippen molar-refractivity contribution in [3.8, 4) is 0 Å². The molecule has 6 nitrogen and oxygen atoms in total. The van der Waals surface area contributed by atoms with Gasteiger partial charge in [0.05, 0.1) is 0 Å². The van der Waals surface area contributed by atoms with Crippen LogP contribution in [0, 0.1) is 0 Å². The predicted molar refractivity (Wildman–Crippen MR) is 108 cm³/mol. The molecule has 4 N–H and O–H groups in total. The first-order chi connectivity index (χ1) is 12.3. The molecule has 1 aromatic rings. The number of nitrogens with two attached hydrogens (primary N) is 1. The first-order valence-electron chi connectivity index (χ1n) is 10.3. The maximum Gasteiger partial charge on any atom is 0.229 e. The predicted octanol–water partition coefficient (Wildman–Crippen LogP) is 5.00. The highest BCUT2D eigenvalue weighted by atomic mass is 15.2. The number of nitrogens with one attached hydrogen (secondary N) is 2. The van der Waals surface area contributed by atoms with E-state index in [4.69, 9.17) is 5.73 Å². The van der Waals surface area contributed by atoms with Gasteiger partial charge >= 0.3 is 0 Å². The summed E-state index contributed by atoms with van der Waals surface area (Å²) in [6.07, 6.45) is 15.3. The SMILES string of the molecule is CCCCCCCCNc1nc(N)nc(NCCCCCCCC)n1. The molecule has 0 amide bonds. The Kier molecular flexibility index (Phi) is 12.6. The van der Waals surface area contributed by atoms with E-state index in [1.54, 1.807) is 0 Å². The smallest absolute Gasteiger partial charge is 0.229 e. The van der Waals surface area contributed by atoms with Crippen molar-refractivity contribution in [3.63, 3.8) is 0 Å². The van der Waals surface area contributed by atoms with Crippen LogP contribution in [0.1, 0.15) is 90.9 Å². The van der Waals surface area contributed by atoms with E-state index in [0.29, 0.717) is 11.9 Å². The van der Waals surface area contributed by atoms with Crippen molar-refractivity contribution in [2.75, 3.05) is 29.5 Å². The first-order valence-corrected chi connectivity index (χ1v) is 10.3. The van der Waals surface area contributed by atoms with Crippen LogP contribution in [0.3, 0.4) is 0 Å². The van der Waals surface area contributed by atoms with Crippen molar-refractivity contribution < 1.29 is 0 Å². The largest absolute Gasteiger partial charge is 0.368 e. The molecule has 1 aromatic heterocycles. The zero-order chi connectivity index (χ0) is 18.2. The lowest BCUT2D eigenvalue weighted by Gasteiger charge is -2.09. The minimum atomic E-state index is 0.269. The van der Waals surface area contributed by atoms with Gasteiger partial charge in [0.1, 0.15) is 0 Å². The van der Waals surface area contributed by atoms with Crippen LogP contribution in [0.2, 0.25) is 0 Å². The fourth-order valence-corrected chi connectivity index (χ4v) is 2.76. The highest BCUT2D eigenvalue weighted by Gasteiger charge is 2.03. The van der Waals surface area contributed by atoms with Crippen LogP contribution < -0.4 is 16.4 Å². The molecule has 1 rings (SSSR count). The Balaban J connectivity index is 2.19. The number of hydrogen-bond acceptors (Lipinski definition) is 6. The molecule has 0 aliphatic rings. The summed E-state index contributed by atoms with van der Waals surface area (Å²) in [4.78, 5) is 12.7. The summed E-state index contributed by atoms with van der Waals surface area (Å²) in [5, 5.41) is 6.52. The molecule has 0 aliphatic carbocycles. The monoisotopic (exact) mass is 350 g/mol. The van der Waals surface area contributed by atoms with Gasteiger partial charge in [-0.25, -0.2) is 0 Å². The molecule has 0 saturated carbocycles. The van der Waals surface area contributed by atoms with Crippen molar-refractivity contribution in [1.29, 1.82) is 0 Å². The fraction of sp³-hybridized carbons (Fsp3) is 0.842. The number of anilines is 3. The van der Waals surface area contributed by atoms with Crippen molar-refractivity contribution >= 4 is 17.8 Å². The van der Waals surface area contributed by atoms with Gasteiger partial charge in [0.15, 0.2) is 0 Å². The highest BCUT2D eigenvalue weighted by molar-refractivity contribution is 5.39. The van der Waals surface area contributed by atoms with Crippen molar-refractivity contribution in [2.45, 2.75) is 90.9 Å². The van der Waals surface area contributed by atoms with Crippen LogP contribution in [-0.2, 0) is 0 Å². The van der Waals surface area contributed by atoms with Gasteiger partial charge in [0.25, 0.3) is 0 Å². The van der Waals surface area contributed by atoms with Gasteiger partial charge in [-0.15, -0.1) is 0 Å². The van der Waals surface area contributed by atoms with E-state index in [2.05, 4.69) is 39.4 Å². The molecule has 1 heterocycles. The molecular weight excluding hydrogens is 312 g/mol. The summed E-state index contributed by atoms with van der Waals surface area (Å²) in [6, 6.07) is 0. The Morgan fingerprint density at radius 1 is 0.600 bits per heavy atom. The van der Waals surface area contributed by atoms with E-state index in [-0.39, 0.29) is 5.95 Å². The maximum atomic E-state index is 5.79. The van der Waals surface area contributed by atoms with E-state index in [1.807, 2.05) is 0 Å². The van der Waals surface area contributed by atoms with Gasteiger partial charge < -0.3 is 16.4 Å². The lowest BCUT2D eigenvalue weighted by molar-refractivity contribution is 0.615. The van der Waals surface area contributed by atoms with Gasteiger partial charge in [-0.3, -0.25) is 0 Å². The Labute approximate surface area is 153 Å². The summed E-state index contributed by atoms with van der Waals surface area (Å²) < 4.78 is 0. The standard InChI is InChI=1S/C19H38N6/c1-3-5-7-9-11-13-15-21-18-23-17(20)24-19(25-18)22-16-14-12-10-8-6-4-2/h3-16H2,1-2H3,(H4,20,21,22,23,24,25). The number of rotatable bonds is 16. The molecule has 0 atom stereocenters. The van der Waals surface area contributed by atoms with Crippen LogP contribution >= 0.6 is 0 Å². The second-order valence-corrected chi connectivity index (χ2v) is 6.73. The second kappa shape index (κ2) is 14.7. The molecule has 0 aliphatic heterocycles. The molecule has 0 fully saturated rings. The minimum absolute atomic E-state index is 0.269. The Bertz CT molecular complexity index is 402.